The quantitative estimate of drug-likeness (QED) is 0.831. The van der Waals surface area contributed by atoms with Gasteiger partial charge in [-0.1, -0.05) is 6.07 Å². The van der Waals surface area contributed by atoms with Crippen LogP contribution in [0.25, 0.3) is 0 Å². The average Bonchev–Trinajstić information content (AvgIpc) is 3.08. The molecule has 0 radical (unpaired) electrons. The number of thioether (sulfide) groups is 1. The van der Waals surface area contributed by atoms with Gasteiger partial charge >= 0.3 is 0 Å². The molecule has 120 valence electrons. The van der Waals surface area contributed by atoms with Gasteiger partial charge in [0.05, 0.1) is 17.3 Å². The molecule has 0 bridgehead atoms. The van der Waals surface area contributed by atoms with Crippen molar-refractivity contribution in [3.63, 3.8) is 0 Å². The normalized spacial score (nSPS) is 22.5. The van der Waals surface area contributed by atoms with Crippen molar-refractivity contribution >= 4 is 27.5 Å². The average molecular weight is 339 g/mol. The highest BCUT2D eigenvalue weighted by atomic mass is 32.2. The molecule has 1 amide bonds. The van der Waals surface area contributed by atoms with Gasteiger partial charge in [-0.2, -0.15) is 0 Å². The van der Waals surface area contributed by atoms with Crippen LogP contribution in [-0.2, 0) is 27.5 Å². The number of amides is 1. The highest BCUT2D eigenvalue weighted by Crippen LogP contribution is 2.27. The van der Waals surface area contributed by atoms with Crippen LogP contribution in [0.4, 0.5) is 0 Å². The Balaban J connectivity index is 1.43. The van der Waals surface area contributed by atoms with Crippen LogP contribution in [0.3, 0.4) is 0 Å². The second-order valence-electron chi connectivity index (χ2n) is 6.15. The fourth-order valence-corrected chi connectivity index (χ4v) is 5.78. The third kappa shape index (κ3) is 4.04. The Bertz CT molecular complexity index is 670. The number of hydrogen-bond donors (Lipinski definition) is 1. The summed E-state index contributed by atoms with van der Waals surface area (Å²) >= 11 is 1.55. The van der Waals surface area contributed by atoms with Gasteiger partial charge in [0, 0.05) is 11.4 Å². The van der Waals surface area contributed by atoms with Gasteiger partial charge in [0.15, 0.2) is 9.84 Å². The molecule has 4 nitrogen and oxygen atoms in total. The molecule has 1 atom stereocenters. The summed E-state index contributed by atoms with van der Waals surface area (Å²) in [4.78, 5) is 13.0. The molecule has 1 saturated heterocycles. The number of aryl methyl sites for hydroxylation is 2. The van der Waals surface area contributed by atoms with Crippen molar-refractivity contribution in [3.05, 3.63) is 29.3 Å². The van der Waals surface area contributed by atoms with Crippen molar-refractivity contribution in [2.75, 3.05) is 23.8 Å². The molecule has 1 aliphatic carbocycles. The summed E-state index contributed by atoms with van der Waals surface area (Å²) in [5.41, 5.74) is 2.86. The van der Waals surface area contributed by atoms with Crippen LogP contribution in [0.5, 0.6) is 0 Å². The van der Waals surface area contributed by atoms with Crippen molar-refractivity contribution in [1.82, 2.24) is 5.32 Å². The van der Waals surface area contributed by atoms with Crippen LogP contribution in [-0.4, -0.2) is 38.1 Å². The zero-order valence-electron chi connectivity index (χ0n) is 12.5. The summed E-state index contributed by atoms with van der Waals surface area (Å²) in [6.07, 6.45) is 4.21. The van der Waals surface area contributed by atoms with Gasteiger partial charge in [0.1, 0.15) is 0 Å². The number of hydrogen-bond acceptors (Lipinski definition) is 4. The molecule has 22 heavy (non-hydrogen) atoms. The highest BCUT2D eigenvalue weighted by molar-refractivity contribution is 8.00. The molecule has 1 aliphatic heterocycles. The molecule has 1 heterocycles. The smallest absolute Gasteiger partial charge is 0.230 e. The fourth-order valence-electron chi connectivity index (χ4n) is 3.13. The second-order valence-corrected chi connectivity index (χ2v) is 9.42. The number of carbonyl (C=O) groups is 1. The molecule has 1 aromatic rings. The van der Waals surface area contributed by atoms with Gasteiger partial charge in [0.25, 0.3) is 0 Å². The van der Waals surface area contributed by atoms with E-state index in [4.69, 9.17) is 0 Å². The standard InChI is InChI=1S/C16H21NO3S2/c18-16(17-9-12-6-7-22(19,20)11-12)10-21-15-5-4-13-2-1-3-14(13)8-15/h4-5,8,12H,1-3,6-7,9-11H2,(H,17,18). The molecule has 0 aromatic heterocycles. The predicted molar refractivity (Wildman–Crippen MR) is 89.0 cm³/mol. The number of sulfone groups is 1. The number of benzene rings is 1. The summed E-state index contributed by atoms with van der Waals surface area (Å²) in [6, 6.07) is 6.46. The lowest BCUT2D eigenvalue weighted by Crippen LogP contribution is -2.31. The summed E-state index contributed by atoms with van der Waals surface area (Å²) in [6.45, 7) is 0.475. The molecule has 0 spiro atoms. The zero-order chi connectivity index (χ0) is 15.6. The predicted octanol–water partition coefficient (Wildman–Crippen LogP) is 1.82. The number of fused-ring (bicyclic) bond motifs is 1. The molecular formula is C16H21NO3S2. The maximum Gasteiger partial charge on any atom is 0.230 e. The van der Waals surface area contributed by atoms with E-state index in [1.54, 1.807) is 11.8 Å². The van der Waals surface area contributed by atoms with Gasteiger partial charge in [-0.25, -0.2) is 8.42 Å². The third-order valence-electron chi connectivity index (χ3n) is 4.35. The van der Waals surface area contributed by atoms with E-state index in [0.29, 0.717) is 18.7 Å². The van der Waals surface area contributed by atoms with Crippen LogP contribution in [0, 0.1) is 5.92 Å². The summed E-state index contributed by atoms with van der Waals surface area (Å²) < 4.78 is 22.7. The molecule has 1 aromatic carbocycles. The molecule has 0 saturated carbocycles. The molecule has 1 N–H and O–H groups in total. The Morgan fingerprint density at radius 1 is 1.27 bits per heavy atom. The Labute approximate surface area is 136 Å². The van der Waals surface area contributed by atoms with E-state index in [1.165, 1.54) is 24.0 Å². The number of rotatable bonds is 5. The second kappa shape index (κ2) is 6.62. The van der Waals surface area contributed by atoms with E-state index < -0.39 is 9.84 Å². The van der Waals surface area contributed by atoms with Gasteiger partial charge in [0.2, 0.25) is 5.91 Å². The monoisotopic (exact) mass is 339 g/mol. The van der Waals surface area contributed by atoms with E-state index in [2.05, 4.69) is 23.5 Å². The number of nitrogens with one attached hydrogen (secondary N) is 1. The first kappa shape index (κ1) is 15.9. The summed E-state index contributed by atoms with van der Waals surface area (Å²) in [5, 5.41) is 2.86. The molecule has 3 rings (SSSR count). The van der Waals surface area contributed by atoms with Gasteiger partial charge in [-0.3, -0.25) is 4.79 Å². The minimum absolute atomic E-state index is 0.0187. The topological polar surface area (TPSA) is 63.2 Å². The molecule has 1 unspecified atom stereocenters. The van der Waals surface area contributed by atoms with Crippen LogP contribution in [0.1, 0.15) is 24.0 Å². The van der Waals surface area contributed by atoms with Crippen molar-refractivity contribution < 1.29 is 13.2 Å². The highest BCUT2D eigenvalue weighted by Gasteiger charge is 2.27. The lowest BCUT2D eigenvalue weighted by Gasteiger charge is -2.10. The fraction of sp³-hybridized carbons (Fsp3) is 0.562. The van der Waals surface area contributed by atoms with E-state index in [1.807, 2.05) is 0 Å². The first-order chi connectivity index (χ1) is 10.5. The SMILES string of the molecule is O=C(CSc1ccc2c(c1)CCC2)NCC1CCS(=O)(=O)C1. The lowest BCUT2D eigenvalue weighted by molar-refractivity contribution is -0.118. The Morgan fingerprint density at radius 2 is 2.09 bits per heavy atom. The van der Waals surface area contributed by atoms with Crippen molar-refractivity contribution in [3.8, 4) is 0 Å². The van der Waals surface area contributed by atoms with Gasteiger partial charge < -0.3 is 5.32 Å². The van der Waals surface area contributed by atoms with Crippen LogP contribution >= 0.6 is 11.8 Å². The van der Waals surface area contributed by atoms with E-state index in [0.717, 1.165) is 11.3 Å². The van der Waals surface area contributed by atoms with Gasteiger partial charge in [-0.05, 0) is 54.9 Å². The zero-order valence-corrected chi connectivity index (χ0v) is 14.1. The van der Waals surface area contributed by atoms with Gasteiger partial charge in [-0.15, -0.1) is 11.8 Å². The Kier molecular flexibility index (Phi) is 4.78. The summed E-state index contributed by atoms with van der Waals surface area (Å²) in [7, 11) is -2.86. The lowest BCUT2D eigenvalue weighted by atomic mass is 10.1. The molecular weight excluding hydrogens is 318 g/mol. The first-order valence-electron chi connectivity index (χ1n) is 7.73. The van der Waals surface area contributed by atoms with Crippen LogP contribution in [0.15, 0.2) is 23.1 Å². The Hall–Kier alpha value is -1.01. The van der Waals surface area contributed by atoms with Crippen molar-refractivity contribution in [2.24, 2.45) is 5.92 Å². The van der Waals surface area contributed by atoms with Crippen molar-refractivity contribution in [2.45, 2.75) is 30.6 Å². The Morgan fingerprint density at radius 3 is 2.86 bits per heavy atom. The van der Waals surface area contributed by atoms with E-state index >= 15 is 0 Å². The first-order valence-corrected chi connectivity index (χ1v) is 10.5. The van der Waals surface area contributed by atoms with Crippen LogP contribution < -0.4 is 5.32 Å². The van der Waals surface area contributed by atoms with E-state index in [9.17, 15) is 13.2 Å². The van der Waals surface area contributed by atoms with Crippen molar-refractivity contribution in [1.29, 1.82) is 0 Å². The number of carbonyl (C=O) groups excluding carboxylic acids is 1. The molecule has 1 fully saturated rings. The molecule has 2 aliphatic rings. The van der Waals surface area contributed by atoms with E-state index in [-0.39, 0.29) is 23.3 Å². The third-order valence-corrected chi connectivity index (χ3v) is 7.19. The minimum atomic E-state index is -2.86. The van der Waals surface area contributed by atoms with Crippen LogP contribution in [0.2, 0.25) is 0 Å². The maximum absolute atomic E-state index is 11.9. The summed E-state index contributed by atoms with van der Waals surface area (Å²) in [5.74, 6) is 0.926. The largest absolute Gasteiger partial charge is 0.355 e. The maximum atomic E-state index is 11.9. The molecule has 6 heteroatoms. The minimum Gasteiger partial charge on any atom is -0.355 e.